The molecular formula is C20H22N6O. The first kappa shape index (κ1) is 16.2. The molecule has 0 bridgehead atoms. The van der Waals surface area contributed by atoms with E-state index in [1.165, 1.54) is 0 Å². The first-order valence-electron chi connectivity index (χ1n) is 9.52. The van der Waals surface area contributed by atoms with Gasteiger partial charge in [-0.3, -0.25) is 9.48 Å². The van der Waals surface area contributed by atoms with Crippen LogP contribution in [0.4, 0.5) is 0 Å². The summed E-state index contributed by atoms with van der Waals surface area (Å²) in [5.74, 6) is 0.963. The lowest BCUT2D eigenvalue weighted by molar-refractivity contribution is -0.127. The third-order valence-electron chi connectivity index (χ3n) is 5.71. The highest BCUT2D eigenvalue weighted by Crippen LogP contribution is 2.48. The largest absolute Gasteiger partial charge is 0.349 e. The van der Waals surface area contributed by atoms with Crippen LogP contribution in [-0.4, -0.2) is 30.5 Å². The van der Waals surface area contributed by atoms with Crippen molar-refractivity contribution in [1.29, 1.82) is 0 Å². The second-order valence-electron chi connectivity index (χ2n) is 7.55. The molecule has 7 nitrogen and oxygen atoms in total. The monoisotopic (exact) mass is 362 g/mol. The Morgan fingerprint density at radius 3 is 2.89 bits per heavy atom. The van der Waals surface area contributed by atoms with Crippen LogP contribution in [0.5, 0.6) is 0 Å². The SMILES string of the molecule is O=C(N[C@@H]1CCCc2c1cnn2-c1ccccn1)C1(Cn2cccn2)CC1. The zero-order valence-electron chi connectivity index (χ0n) is 15.1. The van der Waals surface area contributed by atoms with Gasteiger partial charge in [-0.15, -0.1) is 0 Å². The third kappa shape index (κ3) is 2.93. The third-order valence-corrected chi connectivity index (χ3v) is 5.71. The Morgan fingerprint density at radius 1 is 1.22 bits per heavy atom. The average Bonchev–Trinajstić information content (AvgIpc) is 3.10. The molecule has 1 saturated carbocycles. The Labute approximate surface area is 157 Å². The minimum absolute atomic E-state index is 0.0220. The quantitative estimate of drug-likeness (QED) is 0.756. The van der Waals surface area contributed by atoms with E-state index >= 15 is 0 Å². The van der Waals surface area contributed by atoms with Gasteiger partial charge in [-0.2, -0.15) is 10.2 Å². The van der Waals surface area contributed by atoms with Gasteiger partial charge in [0, 0.05) is 24.2 Å². The van der Waals surface area contributed by atoms with Gasteiger partial charge in [0.1, 0.15) is 0 Å². The van der Waals surface area contributed by atoms with Crippen LogP contribution in [-0.2, 0) is 17.8 Å². The number of aromatic nitrogens is 5. The van der Waals surface area contributed by atoms with Gasteiger partial charge in [-0.25, -0.2) is 9.67 Å². The Balaban J connectivity index is 1.36. The van der Waals surface area contributed by atoms with Crippen molar-refractivity contribution in [2.45, 2.75) is 44.7 Å². The van der Waals surface area contributed by atoms with Gasteiger partial charge in [-0.1, -0.05) is 6.07 Å². The summed E-state index contributed by atoms with van der Waals surface area (Å²) in [6, 6.07) is 7.74. The number of carbonyl (C=O) groups is 1. The molecule has 1 N–H and O–H groups in total. The Hall–Kier alpha value is -2.96. The topological polar surface area (TPSA) is 77.6 Å². The first-order valence-corrected chi connectivity index (χ1v) is 9.52. The zero-order valence-corrected chi connectivity index (χ0v) is 15.1. The van der Waals surface area contributed by atoms with Crippen molar-refractivity contribution in [3.63, 3.8) is 0 Å². The van der Waals surface area contributed by atoms with E-state index in [9.17, 15) is 4.79 Å². The number of amides is 1. The molecule has 3 heterocycles. The van der Waals surface area contributed by atoms with Gasteiger partial charge in [0.15, 0.2) is 5.82 Å². The molecule has 3 aromatic rings. The predicted molar refractivity (Wildman–Crippen MR) is 99.1 cm³/mol. The van der Waals surface area contributed by atoms with Crippen LogP contribution >= 0.6 is 0 Å². The van der Waals surface area contributed by atoms with Crippen LogP contribution in [0.2, 0.25) is 0 Å². The lowest BCUT2D eigenvalue weighted by Crippen LogP contribution is -2.38. The molecule has 2 aliphatic rings. The standard InChI is InChI=1S/C20H22N6O/c27-19(20(8-9-20)14-25-12-4-11-22-25)24-16-5-3-6-17-15(16)13-23-26(17)18-7-1-2-10-21-18/h1-2,4,7,10-13,16H,3,5-6,8-9,14H2,(H,24,27)/t16-/m1/s1. The minimum Gasteiger partial charge on any atom is -0.349 e. The molecule has 0 radical (unpaired) electrons. The fourth-order valence-electron chi connectivity index (χ4n) is 4.01. The molecule has 3 aromatic heterocycles. The Kier molecular flexibility index (Phi) is 3.81. The summed E-state index contributed by atoms with van der Waals surface area (Å²) in [5.41, 5.74) is 1.97. The number of hydrogen-bond acceptors (Lipinski definition) is 4. The fourth-order valence-corrected chi connectivity index (χ4v) is 4.01. The van der Waals surface area contributed by atoms with E-state index in [0.717, 1.165) is 49.2 Å². The van der Waals surface area contributed by atoms with Crippen molar-refractivity contribution in [3.05, 3.63) is 60.3 Å². The van der Waals surface area contributed by atoms with Gasteiger partial charge >= 0.3 is 0 Å². The van der Waals surface area contributed by atoms with Gasteiger partial charge in [0.05, 0.1) is 29.9 Å². The van der Waals surface area contributed by atoms with E-state index < -0.39 is 0 Å². The van der Waals surface area contributed by atoms with E-state index in [1.54, 1.807) is 12.4 Å². The van der Waals surface area contributed by atoms with Crippen molar-refractivity contribution in [3.8, 4) is 5.82 Å². The minimum atomic E-state index is -0.305. The van der Waals surface area contributed by atoms with Crippen molar-refractivity contribution in [2.24, 2.45) is 5.41 Å². The van der Waals surface area contributed by atoms with E-state index in [-0.39, 0.29) is 17.4 Å². The molecule has 7 heteroatoms. The summed E-state index contributed by atoms with van der Waals surface area (Å²) < 4.78 is 3.77. The number of fused-ring (bicyclic) bond motifs is 1. The number of nitrogens with zero attached hydrogens (tertiary/aromatic N) is 5. The van der Waals surface area contributed by atoms with Crippen LogP contribution in [0.1, 0.15) is 43.0 Å². The number of carbonyl (C=O) groups excluding carboxylic acids is 1. The summed E-state index contributed by atoms with van der Waals surface area (Å²) >= 11 is 0. The number of hydrogen-bond donors (Lipinski definition) is 1. The molecule has 5 rings (SSSR count). The number of pyridine rings is 1. The summed E-state index contributed by atoms with van der Waals surface area (Å²) in [5, 5.41) is 12.1. The van der Waals surface area contributed by atoms with Crippen LogP contribution in [0.25, 0.3) is 5.82 Å². The Morgan fingerprint density at radius 2 is 2.15 bits per heavy atom. The Bertz CT molecular complexity index is 942. The first-order chi connectivity index (χ1) is 13.3. The fraction of sp³-hybridized carbons (Fsp3) is 0.400. The van der Waals surface area contributed by atoms with Crippen LogP contribution < -0.4 is 5.32 Å². The van der Waals surface area contributed by atoms with Crippen molar-refractivity contribution in [1.82, 2.24) is 29.9 Å². The summed E-state index contributed by atoms with van der Waals surface area (Å²) in [6.07, 6.45) is 12.1. The van der Waals surface area contributed by atoms with E-state index in [2.05, 4.69) is 20.5 Å². The molecule has 0 unspecified atom stereocenters. The van der Waals surface area contributed by atoms with Gasteiger partial charge in [-0.05, 0) is 50.3 Å². The molecule has 0 aliphatic heterocycles. The van der Waals surface area contributed by atoms with Gasteiger partial charge in [0.25, 0.3) is 0 Å². The van der Waals surface area contributed by atoms with Gasteiger partial charge < -0.3 is 5.32 Å². The lowest BCUT2D eigenvalue weighted by Gasteiger charge is -2.26. The molecule has 1 fully saturated rings. The maximum Gasteiger partial charge on any atom is 0.228 e. The summed E-state index contributed by atoms with van der Waals surface area (Å²) in [4.78, 5) is 17.4. The summed E-state index contributed by atoms with van der Waals surface area (Å²) in [7, 11) is 0. The maximum absolute atomic E-state index is 13.0. The van der Waals surface area contributed by atoms with Crippen LogP contribution in [0, 0.1) is 5.41 Å². The highest BCUT2D eigenvalue weighted by atomic mass is 16.2. The predicted octanol–water partition coefficient (Wildman–Crippen LogP) is 2.44. The molecular weight excluding hydrogens is 340 g/mol. The second kappa shape index (κ2) is 6.33. The van der Waals surface area contributed by atoms with Crippen LogP contribution in [0.3, 0.4) is 0 Å². The highest BCUT2D eigenvalue weighted by molar-refractivity contribution is 5.85. The van der Waals surface area contributed by atoms with Crippen molar-refractivity contribution in [2.75, 3.05) is 0 Å². The second-order valence-corrected chi connectivity index (χ2v) is 7.55. The molecule has 27 heavy (non-hydrogen) atoms. The van der Waals surface area contributed by atoms with Crippen molar-refractivity contribution < 1.29 is 4.79 Å². The summed E-state index contributed by atoms with van der Waals surface area (Å²) in [6.45, 7) is 0.651. The normalized spacial score (nSPS) is 20.1. The van der Waals surface area contributed by atoms with Crippen molar-refractivity contribution >= 4 is 5.91 Å². The number of rotatable bonds is 5. The highest BCUT2D eigenvalue weighted by Gasteiger charge is 2.51. The zero-order chi connectivity index (χ0) is 18.3. The molecule has 0 spiro atoms. The molecule has 1 amide bonds. The molecule has 1 atom stereocenters. The molecule has 2 aliphatic carbocycles. The van der Waals surface area contributed by atoms with E-state index in [1.807, 2.05) is 46.0 Å². The van der Waals surface area contributed by atoms with Gasteiger partial charge in [0.2, 0.25) is 5.91 Å². The number of nitrogens with one attached hydrogen (secondary N) is 1. The molecule has 0 aromatic carbocycles. The van der Waals surface area contributed by atoms with E-state index in [0.29, 0.717) is 6.54 Å². The van der Waals surface area contributed by atoms with Crippen LogP contribution in [0.15, 0.2) is 49.1 Å². The van der Waals surface area contributed by atoms with E-state index in [4.69, 9.17) is 0 Å². The molecule has 138 valence electrons. The maximum atomic E-state index is 13.0. The average molecular weight is 362 g/mol. The molecule has 0 saturated heterocycles. The smallest absolute Gasteiger partial charge is 0.228 e. The lowest BCUT2D eigenvalue weighted by atomic mass is 9.92.